The van der Waals surface area contributed by atoms with E-state index in [4.69, 9.17) is 4.43 Å². The Balaban J connectivity index is 1.73. The van der Waals surface area contributed by atoms with Gasteiger partial charge in [-0.15, -0.1) is 0 Å². The average Bonchev–Trinajstić information content (AvgIpc) is 2.98. The highest BCUT2D eigenvalue weighted by Gasteiger charge is 2.62. The van der Waals surface area contributed by atoms with Crippen molar-refractivity contribution in [2.45, 2.75) is 123 Å². The SMILES string of the molecule is C/C=C1/CC[C@H]2[C@@H]3C(O[Si](C)(C)C(C)(C)C)C[C@H]4C[C@@H](O)CC[C@]4(C)[C@H]3CC[C@]12C. The van der Waals surface area contributed by atoms with Crippen molar-refractivity contribution in [3.8, 4) is 0 Å². The maximum atomic E-state index is 10.5. The van der Waals surface area contributed by atoms with Crippen molar-refractivity contribution < 1.29 is 9.53 Å². The van der Waals surface area contributed by atoms with Crippen molar-refractivity contribution in [2.24, 2.45) is 34.5 Å². The second-order valence-electron chi connectivity index (χ2n) is 13.4. The van der Waals surface area contributed by atoms with Gasteiger partial charge in [-0.1, -0.05) is 46.3 Å². The minimum Gasteiger partial charge on any atom is -0.414 e. The quantitative estimate of drug-likeness (QED) is 0.365. The summed E-state index contributed by atoms with van der Waals surface area (Å²) in [6.45, 7) is 19.5. The van der Waals surface area contributed by atoms with Crippen LogP contribution in [0.1, 0.15) is 92.9 Å². The van der Waals surface area contributed by atoms with Crippen LogP contribution in [0.5, 0.6) is 0 Å². The summed E-state index contributed by atoms with van der Waals surface area (Å²) in [7, 11) is -1.84. The van der Waals surface area contributed by atoms with Gasteiger partial charge in [0.15, 0.2) is 8.32 Å². The van der Waals surface area contributed by atoms with Crippen LogP contribution >= 0.6 is 0 Å². The Labute approximate surface area is 187 Å². The molecule has 1 unspecified atom stereocenters. The maximum Gasteiger partial charge on any atom is 0.192 e. The van der Waals surface area contributed by atoms with Crippen molar-refractivity contribution in [1.29, 1.82) is 0 Å². The number of fused-ring (bicyclic) bond motifs is 5. The van der Waals surface area contributed by atoms with Gasteiger partial charge in [-0.05, 0) is 111 Å². The lowest BCUT2D eigenvalue weighted by Crippen LogP contribution is -2.60. The monoisotopic (exact) mass is 432 g/mol. The molecule has 4 rings (SSSR count). The standard InChI is InChI=1S/C27H48O2Si/c1-9-18-10-11-21-24-22(13-15-26(18,21)5)27(6)14-12-20(28)16-19(27)17-23(24)29-30(7,8)25(2,3)4/h9,19-24,28H,10-17H2,1-8H3/b18-9-/t19-,20+,21+,22+,23?,24+,26-,27+/m1/s1. The maximum absolute atomic E-state index is 10.5. The van der Waals surface area contributed by atoms with E-state index in [9.17, 15) is 5.11 Å². The lowest BCUT2D eigenvalue weighted by atomic mass is 9.44. The van der Waals surface area contributed by atoms with Crippen LogP contribution in [0.25, 0.3) is 0 Å². The number of aliphatic hydroxyl groups is 1. The van der Waals surface area contributed by atoms with E-state index in [0.717, 1.165) is 24.7 Å². The van der Waals surface area contributed by atoms with Gasteiger partial charge in [-0.25, -0.2) is 0 Å². The number of allylic oxidation sites excluding steroid dienone is 2. The minimum atomic E-state index is -1.84. The van der Waals surface area contributed by atoms with E-state index < -0.39 is 8.32 Å². The highest BCUT2D eigenvalue weighted by atomic mass is 28.4. The van der Waals surface area contributed by atoms with E-state index in [1.165, 1.54) is 38.5 Å². The Bertz CT molecular complexity index is 691. The molecule has 4 aliphatic rings. The van der Waals surface area contributed by atoms with Crippen molar-refractivity contribution in [1.82, 2.24) is 0 Å². The van der Waals surface area contributed by atoms with Gasteiger partial charge < -0.3 is 9.53 Å². The molecule has 4 saturated carbocycles. The van der Waals surface area contributed by atoms with E-state index in [1.54, 1.807) is 5.57 Å². The molecule has 0 aromatic rings. The summed E-state index contributed by atoms with van der Waals surface area (Å²) >= 11 is 0. The Morgan fingerprint density at radius 2 is 1.73 bits per heavy atom. The van der Waals surface area contributed by atoms with Gasteiger partial charge in [-0.2, -0.15) is 0 Å². The lowest BCUT2D eigenvalue weighted by molar-refractivity contribution is -0.161. The predicted molar refractivity (Wildman–Crippen MR) is 129 cm³/mol. The molecular formula is C27H48O2Si. The molecule has 0 radical (unpaired) electrons. The fourth-order valence-electron chi connectivity index (χ4n) is 8.18. The molecule has 8 atom stereocenters. The molecule has 3 heteroatoms. The summed E-state index contributed by atoms with van der Waals surface area (Å²) in [6, 6.07) is 0. The van der Waals surface area contributed by atoms with Gasteiger partial charge in [0.2, 0.25) is 0 Å². The molecule has 0 aromatic heterocycles. The van der Waals surface area contributed by atoms with E-state index >= 15 is 0 Å². The Morgan fingerprint density at radius 1 is 1.03 bits per heavy atom. The molecule has 1 N–H and O–H groups in total. The van der Waals surface area contributed by atoms with Crippen LogP contribution in [0, 0.1) is 34.5 Å². The van der Waals surface area contributed by atoms with Crippen molar-refractivity contribution in [3.05, 3.63) is 11.6 Å². The highest BCUT2D eigenvalue weighted by Crippen LogP contribution is 2.68. The number of rotatable bonds is 2. The summed E-state index contributed by atoms with van der Waals surface area (Å²) in [4.78, 5) is 0. The fraction of sp³-hybridized carbons (Fsp3) is 0.926. The number of hydrogen-bond donors (Lipinski definition) is 1. The molecule has 2 nitrogen and oxygen atoms in total. The third-order valence-electron chi connectivity index (χ3n) is 11.1. The Morgan fingerprint density at radius 3 is 2.37 bits per heavy atom. The van der Waals surface area contributed by atoms with Crippen LogP contribution < -0.4 is 0 Å². The fourth-order valence-corrected chi connectivity index (χ4v) is 9.54. The average molecular weight is 433 g/mol. The summed E-state index contributed by atoms with van der Waals surface area (Å²) in [5, 5.41) is 10.8. The Kier molecular flexibility index (Phi) is 5.73. The molecule has 0 bridgehead atoms. The zero-order chi connectivity index (χ0) is 22.1. The van der Waals surface area contributed by atoms with Gasteiger partial charge in [0.1, 0.15) is 0 Å². The third kappa shape index (κ3) is 3.41. The van der Waals surface area contributed by atoms with Gasteiger partial charge in [0, 0.05) is 6.10 Å². The summed E-state index contributed by atoms with van der Waals surface area (Å²) in [6.07, 6.45) is 12.5. The van der Waals surface area contributed by atoms with Crippen molar-refractivity contribution in [3.63, 3.8) is 0 Å². The van der Waals surface area contributed by atoms with Crippen LogP contribution in [0.3, 0.4) is 0 Å². The Hall–Kier alpha value is -0.123. The third-order valence-corrected chi connectivity index (χ3v) is 15.6. The molecule has 0 aliphatic heterocycles. The van der Waals surface area contributed by atoms with Crippen LogP contribution in [0.15, 0.2) is 11.6 Å². The second kappa shape index (κ2) is 7.45. The molecule has 0 aromatic carbocycles. The minimum absolute atomic E-state index is 0.0943. The van der Waals surface area contributed by atoms with E-state index in [2.05, 4.69) is 60.7 Å². The van der Waals surface area contributed by atoms with E-state index in [-0.39, 0.29) is 11.1 Å². The van der Waals surface area contributed by atoms with Crippen LogP contribution in [0.2, 0.25) is 18.1 Å². The molecule has 0 heterocycles. The first-order valence-corrected chi connectivity index (χ1v) is 15.8. The van der Waals surface area contributed by atoms with Crippen LogP contribution in [-0.2, 0) is 4.43 Å². The van der Waals surface area contributed by atoms with E-state index in [1.807, 2.05) is 0 Å². The predicted octanol–water partition coefficient (Wildman–Crippen LogP) is 7.34. The zero-order valence-corrected chi connectivity index (χ0v) is 22.1. The van der Waals surface area contributed by atoms with Crippen LogP contribution in [-0.4, -0.2) is 25.6 Å². The summed E-state index contributed by atoms with van der Waals surface area (Å²) in [5.41, 5.74) is 2.52. The molecule has 172 valence electrons. The van der Waals surface area contributed by atoms with Gasteiger partial charge in [0.25, 0.3) is 0 Å². The number of hydrogen-bond acceptors (Lipinski definition) is 2. The first-order chi connectivity index (χ1) is 13.8. The molecular weight excluding hydrogens is 384 g/mol. The van der Waals surface area contributed by atoms with Gasteiger partial charge >= 0.3 is 0 Å². The molecule has 0 amide bonds. The molecule has 4 fully saturated rings. The normalized spacial score (nSPS) is 48.2. The molecule has 0 spiro atoms. The molecule has 30 heavy (non-hydrogen) atoms. The first-order valence-electron chi connectivity index (χ1n) is 12.8. The topological polar surface area (TPSA) is 29.5 Å². The van der Waals surface area contributed by atoms with E-state index in [0.29, 0.717) is 28.8 Å². The lowest BCUT2D eigenvalue weighted by Gasteiger charge is -2.63. The zero-order valence-electron chi connectivity index (χ0n) is 21.1. The van der Waals surface area contributed by atoms with Gasteiger partial charge in [-0.3, -0.25) is 0 Å². The number of aliphatic hydroxyl groups excluding tert-OH is 1. The van der Waals surface area contributed by atoms with Crippen molar-refractivity contribution in [2.75, 3.05) is 0 Å². The van der Waals surface area contributed by atoms with Crippen molar-refractivity contribution >= 4 is 8.32 Å². The van der Waals surface area contributed by atoms with Crippen LogP contribution in [0.4, 0.5) is 0 Å². The molecule has 4 aliphatic carbocycles. The largest absolute Gasteiger partial charge is 0.414 e. The highest BCUT2D eigenvalue weighted by molar-refractivity contribution is 6.74. The first kappa shape index (κ1) is 23.0. The second-order valence-corrected chi connectivity index (χ2v) is 18.1. The summed E-state index contributed by atoms with van der Waals surface area (Å²) < 4.78 is 7.30. The van der Waals surface area contributed by atoms with Gasteiger partial charge in [0.05, 0.1) is 6.10 Å². The smallest absolute Gasteiger partial charge is 0.192 e. The molecule has 0 saturated heterocycles. The summed E-state index contributed by atoms with van der Waals surface area (Å²) in [5.74, 6) is 2.88.